The third kappa shape index (κ3) is 30.7. The van der Waals surface area contributed by atoms with E-state index in [1.54, 1.807) is 0 Å². The summed E-state index contributed by atoms with van der Waals surface area (Å²) in [6, 6.07) is 0. The predicted octanol–water partition coefficient (Wildman–Crippen LogP) is 4.65. The molecule has 0 atom stereocenters. The Morgan fingerprint density at radius 2 is 1.00 bits per heavy atom. The summed E-state index contributed by atoms with van der Waals surface area (Å²) in [6.07, 6.45) is 16.0. The van der Waals surface area contributed by atoms with Crippen molar-refractivity contribution in [1.82, 2.24) is 0 Å². The van der Waals surface area contributed by atoms with E-state index in [0.29, 0.717) is 0 Å². The lowest BCUT2D eigenvalue weighted by molar-refractivity contribution is -0.138. The third-order valence-electron chi connectivity index (χ3n) is 4.17. The number of hydrogen-bond donors (Lipinski definition) is 4. The molecule has 0 aromatic carbocycles. The minimum Gasteiger partial charge on any atom is -0.481 e. The van der Waals surface area contributed by atoms with Gasteiger partial charge in [0.2, 0.25) is 0 Å². The van der Waals surface area contributed by atoms with Gasteiger partial charge in [-0.15, -0.1) is 0 Å². The van der Waals surface area contributed by atoms with Crippen molar-refractivity contribution in [3.8, 4) is 0 Å². The lowest BCUT2D eigenvalue weighted by Crippen LogP contribution is -2.29. The van der Waals surface area contributed by atoms with Crippen molar-refractivity contribution in [1.29, 1.82) is 0 Å². The lowest BCUT2D eigenvalue weighted by atomic mass is 10.1. The summed E-state index contributed by atoms with van der Waals surface area (Å²) < 4.78 is 0. The monoisotopic (exact) mass is 374 g/mol. The Bertz CT molecular complexity index is 303. The Balaban J connectivity index is 0. The van der Waals surface area contributed by atoms with Crippen molar-refractivity contribution in [2.24, 2.45) is 11.5 Å². The van der Waals surface area contributed by atoms with Gasteiger partial charge in [-0.1, -0.05) is 77.6 Å². The first-order chi connectivity index (χ1) is 12.4. The molecule has 0 aromatic rings. The normalized spacial score (nSPS) is 10.5. The van der Waals surface area contributed by atoms with E-state index < -0.39 is 11.9 Å². The van der Waals surface area contributed by atoms with Crippen LogP contribution < -0.4 is 11.5 Å². The quantitative estimate of drug-likeness (QED) is 0.217. The molecule has 0 spiro atoms. The first kappa shape index (κ1) is 27.1. The van der Waals surface area contributed by atoms with E-state index >= 15 is 0 Å². The molecule has 6 nitrogen and oxygen atoms in total. The number of aliphatic carboxylic acids is 2. The van der Waals surface area contributed by atoms with Crippen molar-refractivity contribution < 1.29 is 19.8 Å². The summed E-state index contributed by atoms with van der Waals surface area (Å²) in [6.45, 7) is 2.24. The summed E-state index contributed by atoms with van der Waals surface area (Å²) in [5.74, 6) is -1.48. The molecule has 0 heterocycles. The Labute approximate surface area is 159 Å². The van der Waals surface area contributed by atoms with Gasteiger partial charge in [0.1, 0.15) is 0 Å². The predicted molar refractivity (Wildman–Crippen MR) is 107 cm³/mol. The third-order valence-corrected chi connectivity index (χ3v) is 4.17. The van der Waals surface area contributed by atoms with Crippen LogP contribution in [0, 0.1) is 0 Å². The van der Waals surface area contributed by atoms with Crippen LogP contribution in [0.15, 0.2) is 0 Å². The zero-order valence-electron chi connectivity index (χ0n) is 16.8. The molecule has 0 fully saturated rings. The van der Waals surface area contributed by atoms with E-state index in [2.05, 4.69) is 6.92 Å². The van der Waals surface area contributed by atoms with Gasteiger partial charge in [0.25, 0.3) is 0 Å². The summed E-state index contributed by atoms with van der Waals surface area (Å²) in [4.78, 5) is 20.3. The molecule has 0 aliphatic heterocycles. The van der Waals surface area contributed by atoms with Crippen LogP contribution in [0.25, 0.3) is 0 Å². The second-order valence-electron chi connectivity index (χ2n) is 6.98. The van der Waals surface area contributed by atoms with Gasteiger partial charge in [-0.3, -0.25) is 9.59 Å². The lowest BCUT2D eigenvalue weighted by Gasteiger charge is -2.04. The van der Waals surface area contributed by atoms with Crippen LogP contribution in [0.3, 0.4) is 0 Å². The van der Waals surface area contributed by atoms with Crippen molar-refractivity contribution >= 4 is 11.9 Å². The topological polar surface area (TPSA) is 127 Å². The minimum absolute atomic E-state index is 0.0966. The smallest absolute Gasteiger partial charge is 0.303 e. The van der Waals surface area contributed by atoms with E-state index in [0.717, 1.165) is 44.9 Å². The second kappa shape index (κ2) is 21.9. The van der Waals surface area contributed by atoms with Crippen LogP contribution in [0.2, 0.25) is 0 Å². The number of carboxylic acids is 2. The maximum Gasteiger partial charge on any atom is 0.303 e. The van der Waals surface area contributed by atoms with E-state index in [1.165, 1.54) is 44.9 Å². The number of carbonyl (C=O) groups is 2. The largest absolute Gasteiger partial charge is 0.481 e. The molecular formula is C20H42N2O4. The molecule has 26 heavy (non-hydrogen) atoms. The summed E-state index contributed by atoms with van der Waals surface area (Å²) in [5, 5.41) is 16.7. The first-order valence-corrected chi connectivity index (χ1v) is 10.3. The molecule has 0 amide bonds. The summed E-state index contributed by atoms with van der Waals surface area (Å²) in [5.41, 5.74) is 10.9. The van der Waals surface area contributed by atoms with Crippen molar-refractivity contribution in [2.45, 2.75) is 116 Å². The van der Waals surface area contributed by atoms with E-state index in [9.17, 15) is 9.59 Å². The molecule has 0 unspecified atom stereocenters. The molecule has 156 valence electrons. The van der Waals surface area contributed by atoms with Gasteiger partial charge in [0.15, 0.2) is 0 Å². The molecule has 0 aliphatic rings. The van der Waals surface area contributed by atoms with Gasteiger partial charge in [-0.25, -0.2) is 0 Å². The minimum atomic E-state index is -0.740. The average Bonchev–Trinajstić information content (AvgIpc) is 2.56. The van der Waals surface area contributed by atoms with Crippen molar-refractivity contribution in [3.63, 3.8) is 0 Å². The number of hydrogen-bond acceptors (Lipinski definition) is 4. The van der Waals surface area contributed by atoms with E-state index in [4.69, 9.17) is 21.7 Å². The summed E-state index contributed by atoms with van der Waals surface area (Å²) >= 11 is 0. The van der Waals surface area contributed by atoms with E-state index in [-0.39, 0.29) is 19.0 Å². The van der Waals surface area contributed by atoms with Crippen molar-refractivity contribution in [3.05, 3.63) is 0 Å². The van der Waals surface area contributed by atoms with Crippen LogP contribution in [0.5, 0.6) is 0 Å². The standard InChI is InChI=1S/C10H24N2.C10H18O4/c1-2-3-4-5-6-7-8-9-10(11)12;11-9(12)7-5-3-1-2-4-6-8-10(13)14/h10H,2-9,11-12H2,1H3;1-8H2,(H,11,12)(H,13,14). The van der Waals surface area contributed by atoms with Crippen LogP contribution in [-0.2, 0) is 9.59 Å². The van der Waals surface area contributed by atoms with Crippen LogP contribution in [-0.4, -0.2) is 28.3 Å². The fourth-order valence-corrected chi connectivity index (χ4v) is 2.60. The maximum atomic E-state index is 10.1. The SMILES string of the molecule is CCCCCCCCCC(N)N.O=C(O)CCCCCCCCC(=O)O. The molecule has 6 N–H and O–H groups in total. The molecular weight excluding hydrogens is 332 g/mol. The molecule has 0 aliphatic carbocycles. The Kier molecular flexibility index (Phi) is 22.8. The van der Waals surface area contributed by atoms with E-state index in [1.807, 2.05) is 0 Å². The zero-order valence-corrected chi connectivity index (χ0v) is 16.8. The Hall–Kier alpha value is -1.14. The van der Waals surface area contributed by atoms with Crippen LogP contribution in [0.4, 0.5) is 0 Å². The number of unbranched alkanes of at least 4 members (excludes halogenated alkanes) is 11. The first-order valence-electron chi connectivity index (χ1n) is 10.3. The molecule has 0 aromatic heterocycles. The second-order valence-corrected chi connectivity index (χ2v) is 6.98. The molecule has 0 bridgehead atoms. The maximum absolute atomic E-state index is 10.1. The van der Waals surface area contributed by atoms with Gasteiger partial charge < -0.3 is 21.7 Å². The Morgan fingerprint density at radius 1 is 0.654 bits per heavy atom. The number of rotatable bonds is 17. The molecule has 0 saturated carbocycles. The van der Waals surface area contributed by atoms with Gasteiger partial charge >= 0.3 is 11.9 Å². The average molecular weight is 375 g/mol. The highest BCUT2D eigenvalue weighted by Crippen LogP contribution is 2.09. The highest BCUT2D eigenvalue weighted by Gasteiger charge is 1.98. The van der Waals surface area contributed by atoms with Crippen LogP contribution >= 0.6 is 0 Å². The van der Waals surface area contributed by atoms with Gasteiger partial charge in [-0.05, 0) is 19.3 Å². The molecule has 6 heteroatoms. The molecule has 0 rings (SSSR count). The van der Waals surface area contributed by atoms with Crippen LogP contribution in [0.1, 0.15) is 110 Å². The highest BCUT2D eigenvalue weighted by molar-refractivity contribution is 5.66. The fourth-order valence-electron chi connectivity index (χ4n) is 2.60. The molecule has 0 radical (unpaired) electrons. The number of nitrogens with two attached hydrogens (primary N) is 2. The number of carboxylic acid groups (broad SMARTS) is 2. The Morgan fingerprint density at radius 3 is 1.35 bits per heavy atom. The van der Waals surface area contributed by atoms with Crippen molar-refractivity contribution in [2.75, 3.05) is 0 Å². The van der Waals surface area contributed by atoms with Gasteiger partial charge in [-0.2, -0.15) is 0 Å². The zero-order chi connectivity index (χ0) is 20.0. The van der Waals surface area contributed by atoms with Gasteiger partial charge in [0, 0.05) is 12.8 Å². The van der Waals surface area contributed by atoms with Gasteiger partial charge in [0.05, 0.1) is 6.17 Å². The summed E-state index contributed by atoms with van der Waals surface area (Å²) in [7, 11) is 0. The fraction of sp³-hybridized carbons (Fsp3) is 0.900. The highest BCUT2D eigenvalue weighted by atomic mass is 16.4. The molecule has 0 saturated heterocycles.